The van der Waals surface area contributed by atoms with Crippen LogP contribution < -0.4 is 21.3 Å². The summed E-state index contributed by atoms with van der Waals surface area (Å²) in [6, 6.07) is 30.6. The van der Waals surface area contributed by atoms with Crippen LogP contribution in [-0.4, -0.2) is 0 Å². The number of benzene rings is 4. The molecule has 1 aliphatic heterocycles. The van der Waals surface area contributed by atoms with Gasteiger partial charge in [-0.2, -0.15) is 0 Å². The van der Waals surface area contributed by atoms with Crippen molar-refractivity contribution in [3.8, 4) is 16.9 Å². The predicted molar refractivity (Wildman–Crippen MR) is 128 cm³/mol. The van der Waals surface area contributed by atoms with Crippen LogP contribution in [0.3, 0.4) is 0 Å². The smallest absolute Gasteiger partial charge is 0.292 e. The average molecular weight is 426 g/mol. The highest BCUT2D eigenvalue weighted by atomic mass is 31.2. The third kappa shape index (κ3) is 2.87. The van der Waals surface area contributed by atoms with E-state index >= 15 is 4.57 Å². The Balaban J connectivity index is 1.84. The van der Waals surface area contributed by atoms with E-state index in [2.05, 4.69) is 0 Å². The van der Waals surface area contributed by atoms with Crippen LogP contribution in [0, 0.1) is 0 Å². The van der Waals surface area contributed by atoms with E-state index in [0.717, 1.165) is 22.3 Å². The molecule has 4 nitrogen and oxygen atoms in total. The number of nitrogen functional groups attached to an aromatic ring is 2. The molecule has 0 radical (unpaired) electrons. The molecular weight excluding hydrogens is 403 g/mol. The summed E-state index contributed by atoms with van der Waals surface area (Å²) in [5.74, 6) is 0.627. The fourth-order valence-electron chi connectivity index (χ4n) is 4.37. The van der Waals surface area contributed by atoms with Gasteiger partial charge in [-0.1, -0.05) is 60.7 Å². The molecule has 1 unspecified atom stereocenters. The minimum Gasteiger partial charge on any atom is -0.438 e. The maximum atomic E-state index is 15.1. The molecule has 0 amide bonds. The minimum atomic E-state index is -3.51. The van der Waals surface area contributed by atoms with Crippen molar-refractivity contribution in [2.45, 2.75) is 12.1 Å². The van der Waals surface area contributed by atoms with Gasteiger partial charge in [-0.3, -0.25) is 4.57 Å². The quantitative estimate of drug-likeness (QED) is 0.322. The Labute approximate surface area is 181 Å². The van der Waals surface area contributed by atoms with Crippen molar-refractivity contribution >= 4 is 24.0 Å². The topological polar surface area (TPSA) is 78.3 Å². The van der Waals surface area contributed by atoms with E-state index in [4.69, 9.17) is 16.0 Å². The molecule has 0 saturated carbocycles. The monoisotopic (exact) mass is 426 g/mol. The maximum absolute atomic E-state index is 15.1. The number of hydrogen-bond donors (Lipinski definition) is 2. The molecule has 4 aromatic rings. The van der Waals surface area contributed by atoms with E-state index in [1.165, 1.54) is 0 Å². The van der Waals surface area contributed by atoms with Crippen LogP contribution in [0.15, 0.2) is 97.1 Å². The molecule has 0 saturated heterocycles. The zero-order valence-corrected chi connectivity index (χ0v) is 18.1. The summed E-state index contributed by atoms with van der Waals surface area (Å²) in [6.07, 6.45) is 0. The van der Waals surface area contributed by atoms with E-state index in [0.29, 0.717) is 22.4 Å². The van der Waals surface area contributed by atoms with Crippen molar-refractivity contribution in [1.82, 2.24) is 0 Å². The highest BCUT2D eigenvalue weighted by Crippen LogP contribution is 2.68. The van der Waals surface area contributed by atoms with Gasteiger partial charge in [-0.25, -0.2) is 0 Å². The van der Waals surface area contributed by atoms with Crippen LogP contribution >= 0.6 is 7.37 Å². The largest absolute Gasteiger partial charge is 0.438 e. The van der Waals surface area contributed by atoms with E-state index in [1.54, 1.807) is 0 Å². The molecule has 0 fully saturated rings. The lowest BCUT2D eigenvalue weighted by Gasteiger charge is -2.41. The second-order valence-electron chi connectivity index (χ2n) is 7.97. The van der Waals surface area contributed by atoms with Gasteiger partial charge in [0.1, 0.15) is 10.9 Å². The summed E-state index contributed by atoms with van der Waals surface area (Å²) >= 11 is 0. The van der Waals surface area contributed by atoms with Gasteiger partial charge in [0.2, 0.25) is 0 Å². The van der Waals surface area contributed by atoms with Gasteiger partial charge in [0.05, 0.1) is 5.30 Å². The Morgan fingerprint density at radius 1 is 0.677 bits per heavy atom. The normalized spacial score (nSPS) is 17.3. The lowest BCUT2D eigenvalue weighted by molar-refractivity contribution is 0.463. The minimum absolute atomic E-state index is 0.627. The highest BCUT2D eigenvalue weighted by molar-refractivity contribution is 7.69. The fraction of sp³-hybridized carbons (Fsp3) is 0.0769. The summed E-state index contributed by atoms with van der Waals surface area (Å²) in [5.41, 5.74) is 16.8. The van der Waals surface area contributed by atoms with Crippen LogP contribution in [0.1, 0.15) is 18.1 Å². The van der Waals surface area contributed by atoms with Crippen molar-refractivity contribution in [1.29, 1.82) is 0 Å². The summed E-state index contributed by atoms with van der Waals surface area (Å²) in [7, 11) is -3.51. The van der Waals surface area contributed by atoms with Crippen LogP contribution in [0.4, 0.5) is 11.4 Å². The molecule has 1 heterocycles. The zero-order chi connectivity index (χ0) is 21.6. The van der Waals surface area contributed by atoms with Gasteiger partial charge in [-0.15, -0.1) is 0 Å². The second kappa shape index (κ2) is 7.04. The average Bonchev–Trinajstić information content (AvgIpc) is 2.80. The van der Waals surface area contributed by atoms with Crippen LogP contribution in [0.2, 0.25) is 0 Å². The van der Waals surface area contributed by atoms with E-state index < -0.39 is 12.5 Å². The van der Waals surface area contributed by atoms with Gasteiger partial charge >= 0.3 is 0 Å². The van der Waals surface area contributed by atoms with Crippen LogP contribution in [0.5, 0.6) is 5.75 Å². The first-order valence-electron chi connectivity index (χ1n) is 10.1. The number of nitrogens with two attached hydrogens (primary N) is 2. The standard InChI is InChI=1S/C26H23N2O2P/c1-26(18-10-14-20(27)15-11-18,19-12-16-21(28)17-13-19)31(29)25-9-5-3-7-23(25)22-6-2-4-8-24(22)30-31/h2-17H,27-28H2,1H3. The summed E-state index contributed by atoms with van der Waals surface area (Å²) in [5, 5.41) is -0.247. The third-order valence-electron chi connectivity index (χ3n) is 6.16. The van der Waals surface area contributed by atoms with Crippen molar-refractivity contribution < 1.29 is 9.09 Å². The van der Waals surface area contributed by atoms with E-state index in [1.807, 2.05) is 104 Å². The van der Waals surface area contributed by atoms with Crippen LogP contribution in [0.25, 0.3) is 11.1 Å². The summed E-state index contributed by atoms with van der Waals surface area (Å²) in [6.45, 7) is 1.98. The Kier molecular flexibility index (Phi) is 4.42. The van der Waals surface area contributed by atoms with Gasteiger partial charge in [0, 0.05) is 16.9 Å². The first kappa shape index (κ1) is 19.5. The molecule has 0 spiro atoms. The molecular formula is C26H23N2O2P. The number of fused-ring (bicyclic) bond motifs is 3. The molecule has 1 atom stereocenters. The number of rotatable bonds is 3. The Hall–Kier alpha value is -3.49. The second-order valence-corrected chi connectivity index (χ2v) is 10.6. The first-order valence-corrected chi connectivity index (χ1v) is 11.8. The SMILES string of the molecule is CC(c1ccc(N)cc1)(c1ccc(N)cc1)P1(=O)Oc2ccccc2-c2ccccc21. The molecule has 0 bridgehead atoms. The summed E-state index contributed by atoms with van der Waals surface area (Å²) in [4.78, 5) is 0. The van der Waals surface area contributed by atoms with E-state index in [-0.39, 0.29) is 0 Å². The predicted octanol–water partition coefficient (Wildman–Crippen LogP) is 5.78. The Morgan fingerprint density at radius 3 is 1.74 bits per heavy atom. The third-order valence-corrected chi connectivity index (χ3v) is 9.33. The molecule has 154 valence electrons. The lowest BCUT2D eigenvalue weighted by atomic mass is 9.91. The molecule has 4 aromatic carbocycles. The van der Waals surface area contributed by atoms with Gasteiger partial charge in [0.25, 0.3) is 7.37 Å². The number of para-hydroxylation sites is 1. The zero-order valence-electron chi connectivity index (χ0n) is 17.2. The van der Waals surface area contributed by atoms with Gasteiger partial charge in [-0.05, 0) is 60.0 Å². The van der Waals surface area contributed by atoms with Gasteiger partial charge < -0.3 is 16.0 Å². The molecule has 31 heavy (non-hydrogen) atoms. The lowest BCUT2D eigenvalue weighted by Crippen LogP contribution is -2.34. The molecule has 4 N–H and O–H groups in total. The molecule has 0 aliphatic carbocycles. The maximum Gasteiger partial charge on any atom is 0.292 e. The van der Waals surface area contributed by atoms with E-state index in [9.17, 15) is 0 Å². The molecule has 0 aromatic heterocycles. The Bertz CT molecular complexity index is 1270. The molecule has 1 aliphatic rings. The van der Waals surface area contributed by atoms with Crippen molar-refractivity contribution in [3.63, 3.8) is 0 Å². The van der Waals surface area contributed by atoms with Crippen molar-refractivity contribution in [3.05, 3.63) is 108 Å². The van der Waals surface area contributed by atoms with Crippen LogP contribution in [-0.2, 0) is 9.72 Å². The molecule has 5 rings (SSSR count). The van der Waals surface area contributed by atoms with Gasteiger partial charge in [0.15, 0.2) is 0 Å². The fourth-order valence-corrected chi connectivity index (χ4v) is 7.34. The Morgan fingerprint density at radius 2 is 1.16 bits per heavy atom. The number of hydrogen-bond acceptors (Lipinski definition) is 4. The summed E-state index contributed by atoms with van der Waals surface area (Å²) < 4.78 is 21.6. The van der Waals surface area contributed by atoms with Crippen molar-refractivity contribution in [2.75, 3.05) is 11.5 Å². The van der Waals surface area contributed by atoms with Crippen molar-refractivity contribution in [2.24, 2.45) is 0 Å². The molecule has 5 heteroatoms. The highest BCUT2D eigenvalue weighted by Gasteiger charge is 2.53. The number of anilines is 2. The first-order chi connectivity index (χ1) is 14.9.